The number of halogens is 1. The lowest BCUT2D eigenvalue weighted by Crippen LogP contribution is -2.26. The second-order valence-corrected chi connectivity index (χ2v) is 5.44. The Balaban J connectivity index is 2.16. The highest BCUT2D eigenvalue weighted by molar-refractivity contribution is 6.32. The minimum atomic E-state index is -0.609. The second kappa shape index (κ2) is 6.58. The van der Waals surface area contributed by atoms with Crippen LogP contribution in [0.25, 0.3) is 0 Å². The van der Waals surface area contributed by atoms with Crippen molar-refractivity contribution in [2.75, 3.05) is 0 Å². The molecule has 6 heteroatoms. The molecule has 2 aromatic carbocycles. The van der Waals surface area contributed by atoms with Gasteiger partial charge in [0, 0.05) is 11.6 Å². The summed E-state index contributed by atoms with van der Waals surface area (Å²) in [4.78, 5) is 22.5. The molecule has 0 radical (unpaired) electrons. The monoisotopic (exact) mass is 318 g/mol. The summed E-state index contributed by atoms with van der Waals surface area (Å²) in [5, 5.41) is 13.7. The van der Waals surface area contributed by atoms with Crippen molar-refractivity contribution in [3.8, 4) is 0 Å². The van der Waals surface area contributed by atoms with Crippen LogP contribution < -0.4 is 5.32 Å². The summed E-state index contributed by atoms with van der Waals surface area (Å²) < 4.78 is 0. The zero-order valence-corrected chi connectivity index (χ0v) is 12.9. The number of hydrogen-bond acceptors (Lipinski definition) is 3. The van der Waals surface area contributed by atoms with E-state index in [1.807, 2.05) is 38.1 Å². The summed E-state index contributed by atoms with van der Waals surface area (Å²) in [6.45, 7) is 3.84. The van der Waals surface area contributed by atoms with Crippen molar-refractivity contribution in [1.29, 1.82) is 0 Å². The molecule has 2 aromatic rings. The molecular formula is C16H15ClN2O3. The fourth-order valence-electron chi connectivity index (χ4n) is 2.01. The van der Waals surface area contributed by atoms with Crippen LogP contribution in [0.2, 0.25) is 5.02 Å². The van der Waals surface area contributed by atoms with Crippen LogP contribution in [0.4, 0.5) is 5.69 Å². The Kier molecular flexibility index (Phi) is 4.78. The van der Waals surface area contributed by atoms with Crippen LogP contribution in [-0.4, -0.2) is 10.8 Å². The van der Waals surface area contributed by atoms with E-state index in [1.54, 1.807) is 0 Å². The van der Waals surface area contributed by atoms with Gasteiger partial charge in [0.15, 0.2) is 0 Å². The first kappa shape index (κ1) is 16.0. The van der Waals surface area contributed by atoms with Crippen LogP contribution in [0.5, 0.6) is 0 Å². The van der Waals surface area contributed by atoms with E-state index in [-0.39, 0.29) is 28.2 Å². The summed E-state index contributed by atoms with van der Waals surface area (Å²) in [5.41, 5.74) is 2.02. The molecule has 0 spiro atoms. The molecule has 0 fully saturated rings. The summed E-state index contributed by atoms with van der Waals surface area (Å²) >= 11 is 5.74. The maximum absolute atomic E-state index is 12.2. The maximum atomic E-state index is 12.2. The van der Waals surface area contributed by atoms with Gasteiger partial charge >= 0.3 is 0 Å². The average molecular weight is 319 g/mol. The number of nitro benzene ring substituents is 1. The highest BCUT2D eigenvalue weighted by Gasteiger charge is 2.17. The van der Waals surface area contributed by atoms with Gasteiger partial charge in [0.25, 0.3) is 11.6 Å². The summed E-state index contributed by atoms with van der Waals surface area (Å²) in [6, 6.07) is 11.6. The molecule has 1 unspecified atom stereocenters. The highest BCUT2D eigenvalue weighted by atomic mass is 35.5. The number of benzene rings is 2. The summed E-state index contributed by atoms with van der Waals surface area (Å²) in [7, 11) is 0. The van der Waals surface area contributed by atoms with E-state index >= 15 is 0 Å². The van der Waals surface area contributed by atoms with Crippen LogP contribution in [0.1, 0.15) is 34.5 Å². The van der Waals surface area contributed by atoms with E-state index in [0.717, 1.165) is 11.1 Å². The Labute approximate surface area is 133 Å². The van der Waals surface area contributed by atoms with Crippen LogP contribution in [0.3, 0.4) is 0 Å². The van der Waals surface area contributed by atoms with Crippen molar-refractivity contribution < 1.29 is 9.72 Å². The molecule has 0 saturated heterocycles. The number of carbonyl (C=O) groups excluding carboxylic acids is 1. The molecule has 22 heavy (non-hydrogen) atoms. The Morgan fingerprint density at radius 1 is 1.23 bits per heavy atom. The molecule has 1 N–H and O–H groups in total. The largest absolute Gasteiger partial charge is 0.346 e. The molecule has 2 rings (SSSR count). The van der Waals surface area contributed by atoms with Crippen LogP contribution in [-0.2, 0) is 0 Å². The van der Waals surface area contributed by atoms with Crippen molar-refractivity contribution in [3.63, 3.8) is 0 Å². The van der Waals surface area contributed by atoms with Gasteiger partial charge in [0.05, 0.1) is 11.0 Å². The number of amides is 1. The van der Waals surface area contributed by atoms with E-state index in [4.69, 9.17) is 11.6 Å². The van der Waals surface area contributed by atoms with Crippen molar-refractivity contribution in [2.24, 2.45) is 0 Å². The number of nitro groups is 1. The van der Waals surface area contributed by atoms with Gasteiger partial charge in [0.1, 0.15) is 5.02 Å². The van der Waals surface area contributed by atoms with E-state index in [0.29, 0.717) is 0 Å². The first-order valence-electron chi connectivity index (χ1n) is 6.70. The maximum Gasteiger partial charge on any atom is 0.288 e. The van der Waals surface area contributed by atoms with Crippen LogP contribution in [0.15, 0.2) is 42.5 Å². The van der Waals surface area contributed by atoms with E-state index in [2.05, 4.69) is 5.32 Å². The molecule has 0 saturated carbocycles. The number of carbonyl (C=O) groups is 1. The smallest absolute Gasteiger partial charge is 0.288 e. The van der Waals surface area contributed by atoms with Crippen molar-refractivity contribution in [1.82, 2.24) is 5.32 Å². The molecular weight excluding hydrogens is 304 g/mol. The molecule has 0 heterocycles. The van der Waals surface area contributed by atoms with Gasteiger partial charge < -0.3 is 5.32 Å². The number of hydrogen-bond donors (Lipinski definition) is 1. The van der Waals surface area contributed by atoms with Crippen molar-refractivity contribution in [2.45, 2.75) is 19.9 Å². The van der Waals surface area contributed by atoms with Crippen LogP contribution in [0, 0.1) is 17.0 Å². The average Bonchev–Trinajstić information content (AvgIpc) is 2.47. The first-order valence-corrected chi connectivity index (χ1v) is 7.07. The third-order valence-electron chi connectivity index (χ3n) is 3.33. The van der Waals surface area contributed by atoms with E-state index in [9.17, 15) is 14.9 Å². The third kappa shape index (κ3) is 3.62. The molecule has 5 nitrogen and oxygen atoms in total. The van der Waals surface area contributed by atoms with Gasteiger partial charge in [0.2, 0.25) is 0 Å². The Bertz CT molecular complexity index is 714. The van der Waals surface area contributed by atoms with E-state index in [1.165, 1.54) is 18.2 Å². The zero-order valence-electron chi connectivity index (χ0n) is 12.2. The third-order valence-corrected chi connectivity index (χ3v) is 3.65. The quantitative estimate of drug-likeness (QED) is 0.682. The Morgan fingerprint density at radius 3 is 2.45 bits per heavy atom. The fourth-order valence-corrected chi connectivity index (χ4v) is 2.20. The molecule has 1 atom stereocenters. The molecule has 0 aliphatic heterocycles. The molecule has 1 amide bonds. The lowest BCUT2D eigenvalue weighted by atomic mass is 10.1. The standard InChI is InChI=1S/C16H15ClN2O3/c1-10-3-5-12(6-4-10)11(2)18-16(20)13-7-8-14(17)15(9-13)19(21)22/h3-9,11H,1-2H3,(H,18,20). The first-order chi connectivity index (χ1) is 10.4. The van der Waals surface area contributed by atoms with E-state index < -0.39 is 4.92 Å². The number of rotatable bonds is 4. The molecule has 0 bridgehead atoms. The second-order valence-electron chi connectivity index (χ2n) is 5.03. The molecule has 0 aromatic heterocycles. The number of nitrogens with zero attached hydrogens (tertiary/aromatic N) is 1. The fraction of sp³-hybridized carbons (Fsp3) is 0.188. The number of nitrogens with one attached hydrogen (secondary N) is 1. The lowest BCUT2D eigenvalue weighted by molar-refractivity contribution is -0.384. The summed E-state index contributed by atoms with van der Waals surface area (Å²) in [5.74, 6) is -0.382. The predicted molar refractivity (Wildman–Crippen MR) is 85.2 cm³/mol. The molecule has 0 aliphatic carbocycles. The van der Waals surface area contributed by atoms with Gasteiger partial charge in [-0.2, -0.15) is 0 Å². The Morgan fingerprint density at radius 2 is 1.86 bits per heavy atom. The minimum absolute atomic E-state index is 0.00753. The topological polar surface area (TPSA) is 72.2 Å². The van der Waals surface area contributed by atoms with Crippen molar-refractivity contribution in [3.05, 3.63) is 74.3 Å². The van der Waals surface area contributed by atoms with Gasteiger partial charge in [-0.25, -0.2) is 0 Å². The van der Waals surface area contributed by atoms with Crippen LogP contribution >= 0.6 is 11.6 Å². The summed E-state index contributed by atoms with van der Waals surface area (Å²) in [6.07, 6.45) is 0. The van der Waals surface area contributed by atoms with Gasteiger partial charge in [-0.05, 0) is 31.5 Å². The Hall–Kier alpha value is -2.40. The lowest BCUT2D eigenvalue weighted by Gasteiger charge is -2.14. The predicted octanol–water partition coefficient (Wildman–Crippen LogP) is 4.05. The number of aryl methyl sites for hydroxylation is 1. The molecule has 114 valence electrons. The zero-order chi connectivity index (χ0) is 16.3. The van der Waals surface area contributed by atoms with Gasteiger partial charge in [-0.15, -0.1) is 0 Å². The minimum Gasteiger partial charge on any atom is -0.346 e. The normalized spacial score (nSPS) is 11.8. The molecule has 0 aliphatic rings. The van der Waals surface area contributed by atoms with Gasteiger partial charge in [-0.3, -0.25) is 14.9 Å². The SMILES string of the molecule is Cc1ccc(C(C)NC(=O)c2ccc(Cl)c([N+](=O)[O-])c2)cc1. The van der Waals surface area contributed by atoms with Crippen molar-refractivity contribution >= 4 is 23.2 Å². The van der Waals surface area contributed by atoms with Gasteiger partial charge in [-0.1, -0.05) is 41.4 Å². The highest BCUT2D eigenvalue weighted by Crippen LogP contribution is 2.25.